The lowest BCUT2D eigenvalue weighted by Gasteiger charge is -2.04. The number of hydrogen-bond acceptors (Lipinski definition) is 3. The monoisotopic (exact) mass is 329 g/mol. The van der Waals surface area contributed by atoms with Gasteiger partial charge in [0.15, 0.2) is 5.82 Å². The normalized spacial score (nSPS) is 10.7. The van der Waals surface area contributed by atoms with Crippen molar-refractivity contribution in [3.8, 4) is 11.4 Å². The Kier molecular flexibility index (Phi) is 4.43. The highest BCUT2D eigenvalue weighted by Crippen LogP contribution is 2.14. The van der Waals surface area contributed by atoms with Gasteiger partial charge in [0.25, 0.3) is 5.91 Å². The smallest absolute Gasteiger partial charge is 0.267 e. The quantitative estimate of drug-likeness (QED) is 0.755. The maximum Gasteiger partial charge on any atom is 0.267 e. The van der Waals surface area contributed by atoms with Gasteiger partial charge in [0.05, 0.1) is 5.02 Å². The lowest BCUT2D eigenvalue weighted by Crippen LogP contribution is -2.27. The van der Waals surface area contributed by atoms with Crippen LogP contribution in [0.2, 0.25) is 5.02 Å². The molecular weight excluding hydrogens is 314 g/mol. The summed E-state index contributed by atoms with van der Waals surface area (Å²) in [6, 6.07) is 11.4. The van der Waals surface area contributed by atoms with Crippen LogP contribution < -0.4 is 5.32 Å². The molecule has 0 bridgehead atoms. The molecule has 2 aromatic heterocycles. The summed E-state index contributed by atoms with van der Waals surface area (Å²) in [4.78, 5) is 16.5. The first-order valence-corrected chi connectivity index (χ1v) is 7.58. The predicted octanol–water partition coefficient (Wildman–Crippen LogP) is 2.44. The number of carbonyl (C=O) groups excluding carboxylic acids is 1. The van der Waals surface area contributed by atoms with E-state index in [1.165, 1.54) is 0 Å². The number of aromatic amines is 1. The van der Waals surface area contributed by atoms with Crippen molar-refractivity contribution in [3.05, 3.63) is 59.1 Å². The van der Waals surface area contributed by atoms with E-state index in [4.69, 9.17) is 11.6 Å². The summed E-state index contributed by atoms with van der Waals surface area (Å²) in [7, 11) is 1.78. The van der Waals surface area contributed by atoms with E-state index in [1.54, 1.807) is 23.9 Å². The van der Waals surface area contributed by atoms with Gasteiger partial charge in [-0.1, -0.05) is 41.9 Å². The van der Waals surface area contributed by atoms with E-state index in [1.807, 2.05) is 30.3 Å². The third-order valence-electron chi connectivity index (χ3n) is 3.42. The largest absolute Gasteiger partial charge is 0.350 e. The zero-order valence-corrected chi connectivity index (χ0v) is 13.3. The molecule has 0 saturated carbocycles. The third-order valence-corrected chi connectivity index (χ3v) is 3.62. The number of hydrogen-bond donors (Lipinski definition) is 2. The topological polar surface area (TPSA) is 75.6 Å². The second kappa shape index (κ2) is 6.66. The van der Waals surface area contributed by atoms with Crippen molar-refractivity contribution < 1.29 is 4.79 Å². The molecule has 6 nitrogen and oxygen atoms in total. The van der Waals surface area contributed by atoms with Crippen LogP contribution in [0.25, 0.3) is 11.4 Å². The van der Waals surface area contributed by atoms with Gasteiger partial charge in [0.2, 0.25) is 0 Å². The number of H-pyrrole nitrogens is 1. The molecule has 0 fully saturated rings. The number of benzene rings is 1. The van der Waals surface area contributed by atoms with Crippen molar-refractivity contribution in [1.82, 2.24) is 25.1 Å². The molecule has 0 aliphatic carbocycles. The van der Waals surface area contributed by atoms with Gasteiger partial charge in [-0.3, -0.25) is 9.89 Å². The van der Waals surface area contributed by atoms with Gasteiger partial charge < -0.3 is 9.88 Å². The number of nitrogens with one attached hydrogen (secondary N) is 2. The van der Waals surface area contributed by atoms with E-state index >= 15 is 0 Å². The number of aromatic nitrogens is 4. The van der Waals surface area contributed by atoms with Crippen LogP contribution in [0.4, 0.5) is 0 Å². The Bertz CT molecular complexity index is 809. The van der Waals surface area contributed by atoms with E-state index in [2.05, 4.69) is 20.5 Å². The highest BCUT2D eigenvalue weighted by molar-refractivity contribution is 6.31. The minimum absolute atomic E-state index is 0.165. The zero-order valence-electron chi connectivity index (χ0n) is 12.6. The molecule has 2 N–H and O–H groups in total. The summed E-state index contributed by atoms with van der Waals surface area (Å²) in [5.74, 6) is 1.22. The molecule has 0 aliphatic rings. The minimum Gasteiger partial charge on any atom is -0.350 e. The molecule has 2 heterocycles. The summed E-state index contributed by atoms with van der Waals surface area (Å²) in [6.07, 6.45) is 2.27. The maximum atomic E-state index is 12.1. The number of carbonyl (C=O) groups is 1. The van der Waals surface area contributed by atoms with Crippen LogP contribution in [0, 0.1) is 0 Å². The van der Waals surface area contributed by atoms with Crippen LogP contribution in [-0.4, -0.2) is 32.2 Å². The van der Waals surface area contributed by atoms with Crippen LogP contribution >= 0.6 is 11.6 Å². The van der Waals surface area contributed by atoms with Crippen molar-refractivity contribution in [2.45, 2.75) is 6.42 Å². The summed E-state index contributed by atoms with van der Waals surface area (Å²) >= 11 is 5.88. The molecule has 0 aliphatic heterocycles. The zero-order chi connectivity index (χ0) is 16.2. The van der Waals surface area contributed by atoms with Crippen molar-refractivity contribution in [3.63, 3.8) is 0 Å². The highest BCUT2D eigenvalue weighted by Gasteiger charge is 2.11. The molecular formula is C16H16ClN5O. The predicted molar refractivity (Wildman–Crippen MR) is 88.3 cm³/mol. The average molecular weight is 330 g/mol. The van der Waals surface area contributed by atoms with Crippen LogP contribution in [0.3, 0.4) is 0 Å². The maximum absolute atomic E-state index is 12.1. The first kappa shape index (κ1) is 15.3. The van der Waals surface area contributed by atoms with Gasteiger partial charge >= 0.3 is 0 Å². The summed E-state index contributed by atoms with van der Waals surface area (Å²) < 4.78 is 1.69. The number of amides is 1. The Morgan fingerprint density at radius 2 is 2.13 bits per heavy atom. The number of halogens is 1. The van der Waals surface area contributed by atoms with E-state index in [0.29, 0.717) is 29.5 Å². The van der Waals surface area contributed by atoms with Crippen LogP contribution in [0.15, 0.2) is 42.6 Å². The van der Waals surface area contributed by atoms with Crippen LogP contribution in [0.1, 0.15) is 16.3 Å². The fraction of sp³-hybridized carbons (Fsp3) is 0.188. The van der Waals surface area contributed by atoms with Crippen LogP contribution in [0.5, 0.6) is 0 Å². The van der Waals surface area contributed by atoms with E-state index in [9.17, 15) is 4.79 Å². The average Bonchev–Trinajstić information content (AvgIpc) is 3.14. The molecule has 23 heavy (non-hydrogen) atoms. The molecule has 3 rings (SSSR count). The van der Waals surface area contributed by atoms with Gasteiger partial charge in [-0.2, -0.15) is 5.10 Å². The van der Waals surface area contributed by atoms with Crippen molar-refractivity contribution in [2.75, 3.05) is 6.54 Å². The van der Waals surface area contributed by atoms with E-state index in [0.717, 1.165) is 11.4 Å². The van der Waals surface area contributed by atoms with Gasteiger partial charge in [-0.25, -0.2) is 4.98 Å². The Labute approximate surface area is 138 Å². The van der Waals surface area contributed by atoms with Crippen molar-refractivity contribution in [2.24, 2.45) is 7.05 Å². The Morgan fingerprint density at radius 3 is 2.83 bits per heavy atom. The molecule has 1 aromatic carbocycles. The second-order valence-corrected chi connectivity index (χ2v) is 5.57. The number of nitrogens with zero attached hydrogens (tertiary/aromatic N) is 3. The Hall–Kier alpha value is -2.60. The lowest BCUT2D eigenvalue weighted by atomic mass is 10.2. The summed E-state index contributed by atoms with van der Waals surface area (Å²) in [5.41, 5.74) is 1.48. The molecule has 0 atom stereocenters. The minimum atomic E-state index is -0.165. The molecule has 0 spiro atoms. The molecule has 1 amide bonds. The van der Waals surface area contributed by atoms with Gasteiger partial charge in [0, 0.05) is 31.8 Å². The first-order valence-electron chi connectivity index (χ1n) is 7.20. The molecule has 0 unspecified atom stereocenters. The van der Waals surface area contributed by atoms with Crippen molar-refractivity contribution >= 4 is 17.5 Å². The van der Waals surface area contributed by atoms with Crippen molar-refractivity contribution in [1.29, 1.82) is 0 Å². The fourth-order valence-corrected chi connectivity index (χ4v) is 2.51. The fourth-order valence-electron chi connectivity index (χ4n) is 2.26. The molecule has 7 heteroatoms. The van der Waals surface area contributed by atoms with Gasteiger partial charge in [-0.15, -0.1) is 0 Å². The molecule has 3 aromatic rings. The standard InChI is InChI=1S/C16H16ClN5O/c1-22-10-12(17)9-13(22)16(23)18-8-7-14-19-15(21-20-14)11-5-3-2-4-6-11/h2-6,9-10H,7-8H2,1H3,(H,18,23)(H,19,20,21). The Morgan fingerprint density at radius 1 is 1.35 bits per heavy atom. The first-order chi connectivity index (χ1) is 11.1. The van der Waals surface area contributed by atoms with E-state index in [-0.39, 0.29) is 5.91 Å². The molecule has 0 saturated heterocycles. The number of aryl methyl sites for hydroxylation is 1. The Balaban J connectivity index is 1.56. The third kappa shape index (κ3) is 3.60. The number of rotatable bonds is 5. The highest BCUT2D eigenvalue weighted by atomic mass is 35.5. The van der Waals surface area contributed by atoms with Gasteiger partial charge in [0.1, 0.15) is 11.5 Å². The van der Waals surface area contributed by atoms with Crippen LogP contribution in [-0.2, 0) is 13.5 Å². The van der Waals surface area contributed by atoms with E-state index < -0.39 is 0 Å². The summed E-state index contributed by atoms with van der Waals surface area (Å²) in [6.45, 7) is 0.463. The second-order valence-electron chi connectivity index (χ2n) is 5.13. The molecule has 118 valence electrons. The lowest BCUT2D eigenvalue weighted by molar-refractivity contribution is 0.0946. The van der Waals surface area contributed by atoms with Gasteiger partial charge in [-0.05, 0) is 6.07 Å². The molecule has 0 radical (unpaired) electrons. The summed E-state index contributed by atoms with van der Waals surface area (Å²) in [5, 5.41) is 10.5. The SMILES string of the molecule is Cn1cc(Cl)cc1C(=O)NCCc1nc(-c2ccccc2)n[nH]1.